The second kappa shape index (κ2) is 7.15. The molecule has 1 N–H and O–H groups in total. The Bertz CT molecular complexity index is 600. The first-order valence-electron chi connectivity index (χ1n) is 8.18. The first kappa shape index (κ1) is 16.7. The Kier molecular flexibility index (Phi) is 4.97. The fraction of sp³-hybridized carbons (Fsp3) is 0.529. The van der Waals surface area contributed by atoms with Gasteiger partial charge in [0.15, 0.2) is 0 Å². The van der Waals surface area contributed by atoms with Crippen molar-refractivity contribution < 1.29 is 23.1 Å². The molecule has 2 amide bonds. The third-order valence-corrected chi connectivity index (χ3v) is 4.64. The van der Waals surface area contributed by atoms with Crippen molar-refractivity contribution in [3.05, 3.63) is 24.3 Å². The number of nitrogens with zero attached hydrogens (tertiary/aromatic N) is 1. The molecule has 1 aliphatic heterocycles. The number of anilines is 1. The lowest BCUT2D eigenvalue weighted by Crippen LogP contribution is -2.35. The van der Waals surface area contributed by atoms with Crippen LogP contribution in [0.25, 0.3) is 0 Å². The zero-order valence-electron chi connectivity index (χ0n) is 13.2. The van der Waals surface area contributed by atoms with Crippen LogP contribution in [0.5, 0.6) is 5.75 Å². The monoisotopic (exact) mass is 338 g/mol. The van der Waals surface area contributed by atoms with Gasteiger partial charge in [-0.2, -0.15) is 8.78 Å². The molecule has 0 bridgehead atoms. The average molecular weight is 338 g/mol. The number of amides is 2. The van der Waals surface area contributed by atoms with Crippen LogP contribution >= 0.6 is 0 Å². The minimum atomic E-state index is -2.88. The van der Waals surface area contributed by atoms with Crippen molar-refractivity contribution in [2.24, 2.45) is 5.92 Å². The highest BCUT2D eigenvalue weighted by Crippen LogP contribution is 2.30. The summed E-state index contributed by atoms with van der Waals surface area (Å²) in [7, 11) is 0. The lowest BCUT2D eigenvalue weighted by atomic mass is 10.1. The molecule has 0 radical (unpaired) electrons. The topological polar surface area (TPSA) is 58.6 Å². The van der Waals surface area contributed by atoms with Gasteiger partial charge in [0.25, 0.3) is 0 Å². The lowest BCUT2D eigenvalue weighted by Gasteiger charge is -2.23. The Morgan fingerprint density at radius 1 is 1.21 bits per heavy atom. The third-order valence-electron chi connectivity index (χ3n) is 4.64. The van der Waals surface area contributed by atoms with E-state index in [0.29, 0.717) is 12.2 Å². The number of carbonyl (C=O) groups excluding carboxylic acids is 2. The van der Waals surface area contributed by atoms with E-state index in [1.807, 2.05) is 4.90 Å². The number of rotatable bonds is 5. The summed E-state index contributed by atoms with van der Waals surface area (Å²) in [5.41, 5.74) is 0.494. The predicted octanol–water partition coefficient (Wildman–Crippen LogP) is 3.02. The van der Waals surface area contributed by atoms with Crippen LogP contribution in [-0.2, 0) is 9.59 Å². The quantitative estimate of drug-likeness (QED) is 0.898. The number of likely N-dealkylation sites (tertiary alicyclic amines) is 1. The highest BCUT2D eigenvalue weighted by molar-refractivity contribution is 5.97. The maximum Gasteiger partial charge on any atom is 0.387 e. The number of carbonyl (C=O) groups is 2. The SMILES string of the molecule is O=C(Nc1ccc(OC(F)F)cc1)C1CC(=O)N(C2CCCC2)C1. The van der Waals surface area contributed by atoms with Gasteiger partial charge in [0.05, 0.1) is 5.92 Å². The molecule has 0 spiro atoms. The maximum atomic E-state index is 12.3. The van der Waals surface area contributed by atoms with Crippen LogP contribution in [0, 0.1) is 5.92 Å². The van der Waals surface area contributed by atoms with Crippen LogP contribution in [0.2, 0.25) is 0 Å². The Balaban J connectivity index is 1.56. The first-order chi connectivity index (χ1) is 11.5. The number of hydrogen-bond donors (Lipinski definition) is 1. The minimum absolute atomic E-state index is 0.0338. The summed E-state index contributed by atoms with van der Waals surface area (Å²) in [5.74, 6) is -0.504. The van der Waals surface area contributed by atoms with Crippen molar-refractivity contribution in [1.82, 2.24) is 4.90 Å². The van der Waals surface area contributed by atoms with Gasteiger partial charge in [0, 0.05) is 24.7 Å². The van der Waals surface area contributed by atoms with Gasteiger partial charge in [-0.15, -0.1) is 0 Å². The van der Waals surface area contributed by atoms with Crippen LogP contribution in [-0.4, -0.2) is 35.9 Å². The van der Waals surface area contributed by atoms with Gasteiger partial charge in [-0.05, 0) is 37.1 Å². The molecule has 5 nitrogen and oxygen atoms in total. The standard InChI is InChI=1S/C17H20F2N2O3/c18-17(19)24-14-7-5-12(6-8-14)20-16(23)11-9-15(22)21(10-11)13-3-1-2-4-13/h5-8,11,13,17H,1-4,9-10H2,(H,20,23). The van der Waals surface area contributed by atoms with E-state index in [1.165, 1.54) is 24.3 Å². The number of nitrogens with one attached hydrogen (secondary N) is 1. The van der Waals surface area contributed by atoms with Gasteiger partial charge in [-0.3, -0.25) is 9.59 Å². The van der Waals surface area contributed by atoms with E-state index in [-0.39, 0.29) is 35.9 Å². The van der Waals surface area contributed by atoms with Gasteiger partial charge < -0.3 is 15.0 Å². The molecule has 1 saturated heterocycles. The summed E-state index contributed by atoms with van der Waals surface area (Å²) in [4.78, 5) is 26.3. The molecular formula is C17H20F2N2O3. The second-order valence-corrected chi connectivity index (χ2v) is 6.28. The summed E-state index contributed by atoms with van der Waals surface area (Å²) < 4.78 is 28.5. The zero-order valence-corrected chi connectivity index (χ0v) is 13.2. The summed E-state index contributed by atoms with van der Waals surface area (Å²) in [5, 5.41) is 2.74. The van der Waals surface area contributed by atoms with E-state index < -0.39 is 6.61 Å². The van der Waals surface area contributed by atoms with Crippen LogP contribution in [0.1, 0.15) is 32.1 Å². The highest BCUT2D eigenvalue weighted by Gasteiger charge is 2.38. The number of alkyl halides is 2. The number of halogens is 2. The van der Waals surface area contributed by atoms with Gasteiger partial charge >= 0.3 is 6.61 Å². The fourth-order valence-corrected chi connectivity index (χ4v) is 3.44. The molecule has 1 heterocycles. The van der Waals surface area contributed by atoms with E-state index in [2.05, 4.69) is 10.1 Å². The molecule has 2 aliphatic rings. The van der Waals surface area contributed by atoms with Crippen LogP contribution in [0.3, 0.4) is 0 Å². The summed E-state index contributed by atoms with van der Waals surface area (Å²) in [6, 6.07) is 6.02. The van der Waals surface area contributed by atoms with Gasteiger partial charge in [0.1, 0.15) is 5.75 Å². The number of ether oxygens (including phenoxy) is 1. The van der Waals surface area contributed by atoms with Crippen LogP contribution in [0.15, 0.2) is 24.3 Å². The second-order valence-electron chi connectivity index (χ2n) is 6.28. The molecule has 2 fully saturated rings. The molecule has 3 rings (SSSR count). The number of hydrogen-bond acceptors (Lipinski definition) is 3. The maximum absolute atomic E-state index is 12.3. The summed E-state index contributed by atoms with van der Waals surface area (Å²) in [6.45, 7) is -2.42. The van der Waals surface area contributed by atoms with Crippen molar-refractivity contribution in [2.45, 2.75) is 44.8 Å². The number of benzene rings is 1. The van der Waals surface area contributed by atoms with E-state index in [1.54, 1.807) is 0 Å². The Hall–Kier alpha value is -2.18. The molecule has 1 atom stereocenters. The van der Waals surface area contributed by atoms with E-state index in [4.69, 9.17) is 0 Å². The van der Waals surface area contributed by atoms with Gasteiger partial charge in [0.2, 0.25) is 11.8 Å². The highest BCUT2D eigenvalue weighted by atomic mass is 19.3. The van der Waals surface area contributed by atoms with Gasteiger partial charge in [-0.1, -0.05) is 12.8 Å². The largest absolute Gasteiger partial charge is 0.435 e. The smallest absolute Gasteiger partial charge is 0.387 e. The molecule has 1 aromatic rings. The molecule has 7 heteroatoms. The van der Waals surface area contributed by atoms with Crippen molar-refractivity contribution >= 4 is 17.5 Å². The van der Waals surface area contributed by atoms with Crippen molar-refractivity contribution in [1.29, 1.82) is 0 Å². The first-order valence-corrected chi connectivity index (χ1v) is 8.18. The lowest BCUT2D eigenvalue weighted by molar-refractivity contribution is -0.129. The minimum Gasteiger partial charge on any atom is -0.435 e. The molecule has 0 aromatic heterocycles. The third kappa shape index (κ3) is 3.83. The van der Waals surface area contributed by atoms with Crippen molar-refractivity contribution in [3.8, 4) is 5.75 Å². The van der Waals surface area contributed by atoms with Crippen LogP contribution in [0.4, 0.5) is 14.5 Å². The predicted molar refractivity (Wildman–Crippen MR) is 83.8 cm³/mol. The van der Waals surface area contributed by atoms with Crippen molar-refractivity contribution in [2.75, 3.05) is 11.9 Å². The van der Waals surface area contributed by atoms with Crippen LogP contribution < -0.4 is 10.1 Å². The molecule has 1 aromatic carbocycles. The molecular weight excluding hydrogens is 318 g/mol. The summed E-state index contributed by atoms with van der Waals surface area (Å²) in [6.07, 6.45) is 4.54. The van der Waals surface area contributed by atoms with E-state index in [9.17, 15) is 18.4 Å². The molecule has 1 unspecified atom stereocenters. The Morgan fingerprint density at radius 2 is 1.88 bits per heavy atom. The average Bonchev–Trinajstić information content (AvgIpc) is 3.17. The normalized spacial score (nSPS) is 21.5. The van der Waals surface area contributed by atoms with Crippen molar-refractivity contribution in [3.63, 3.8) is 0 Å². The van der Waals surface area contributed by atoms with E-state index in [0.717, 1.165) is 25.7 Å². The van der Waals surface area contributed by atoms with E-state index >= 15 is 0 Å². The zero-order chi connectivity index (χ0) is 17.1. The Morgan fingerprint density at radius 3 is 2.50 bits per heavy atom. The summed E-state index contributed by atoms with van der Waals surface area (Å²) >= 11 is 0. The molecule has 1 saturated carbocycles. The van der Waals surface area contributed by atoms with Gasteiger partial charge in [-0.25, -0.2) is 0 Å². The molecule has 24 heavy (non-hydrogen) atoms. The molecule has 1 aliphatic carbocycles. The Labute approximate surface area is 139 Å². The molecule has 130 valence electrons. The fourth-order valence-electron chi connectivity index (χ4n) is 3.44.